The van der Waals surface area contributed by atoms with E-state index in [1.165, 1.54) is 12.1 Å². The molecular formula is C21H28FIN4O2. The quantitative estimate of drug-likeness (QED) is 0.309. The fraction of sp³-hybridized carbons (Fsp3) is 0.429. The van der Waals surface area contributed by atoms with Gasteiger partial charge < -0.3 is 20.5 Å². The molecule has 6 nitrogen and oxygen atoms in total. The minimum Gasteiger partial charge on any atom is -0.439 e. The number of nitrogens with one attached hydrogen (secondary N) is 2. The summed E-state index contributed by atoms with van der Waals surface area (Å²) in [4.78, 5) is 8.89. The summed E-state index contributed by atoms with van der Waals surface area (Å²) in [6, 6.07) is 9.94. The monoisotopic (exact) mass is 514 g/mol. The van der Waals surface area contributed by atoms with Crippen LogP contribution in [0.25, 0.3) is 0 Å². The highest BCUT2D eigenvalue weighted by Crippen LogP contribution is 2.20. The SMILES string of the molecule is CCNC(=NCc1ccc(Oc2cccc(F)c2)nc1)NC1CCC(O)CC1.I. The normalized spacial score (nSPS) is 19.2. The van der Waals surface area contributed by atoms with Crippen molar-refractivity contribution in [3.05, 3.63) is 54.0 Å². The maximum Gasteiger partial charge on any atom is 0.219 e. The molecule has 29 heavy (non-hydrogen) atoms. The third kappa shape index (κ3) is 7.77. The molecule has 1 saturated carbocycles. The summed E-state index contributed by atoms with van der Waals surface area (Å²) in [5.74, 6) is 1.24. The molecule has 0 saturated heterocycles. The summed E-state index contributed by atoms with van der Waals surface area (Å²) in [5, 5.41) is 16.3. The first-order valence-electron chi connectivity index (χ1n) is 9.73. The highest BCUT2D eigenvalue weighted by Gasteiger charge is 2.19. The van der Waals surface area contributed by atoms with Crippen LogP contribution in [0.15, 0.2) is 47.6 Å². The van der Waals surface area contributed by atoms with Crippen LogP contribution in [-0.4, -0.2) is 34.7 Å². The average Bonchev–Trinajstić information content (AvgIpc) is 2.69. The van der Waals surface area contributed by atoms with Gasteiger partial charge in [-0.2, -0.15) is 0 Å². The maximum absolute atomic E-state index is 13.2. The van der Waals surface area contributed by atoms with Crippen LogP contribution in [0.2, 0.25) is 0 Å². The van der Waals surface area contributed by atoms with E-state index in [2.05, 4.69) is 20.6 Å². The molecule has 1 aromatic carbocycles. The number of ether oxygens (including phenoxy) is 1. The minimum absolute atomic E-state index is 0. The predicted molar refractivity (Wildman–Crippen MR) is 122 cm³/mol. The molecule has 0 atom stereocenters. The van der Waals surface area contributed by atoms with Crippen LogP contribution in [0, 0.1) is 5.82 Å². The van der Waals surface area contributed by atoms with Crippen LogP contribution in [-0.2, 0) is 6.54 Å². The van der Waals surface area contributed by atoms with Gasteiger partial charge in [0, 0.05) is 30.9 Å². The van der Waals surface area contributed by atoms with Gasteiger partial charge in [0.1, 0.15) is 11.6 Å². The Balaban J connectivity index is 0.00000300. The van der Waals surface area contributed by atoms with Crippen LogP contribution < -0.4 is 15.4 Å². The minimum atomic E-state index is -0.348. The summed E-state index contributed by atoms with van der Waals surface area (Å²) in [6.45, 7) is 3.29. The number of nitrogens with zero attached hydrogens (tertiary/aromatic N) is 2. The van der Waals surface area contributed by atoms with E-state index in [0.29, 0.717) is 24.2 Å². The van der Waals surface area contributed by atoms with E-state index >= 15 is 0 Å². The zero-order valence-electron chi connectivity index (χ0n) is 16.5. The fourth-order valence-corrected chi connectivity index (χ4v) is 3.12. The number of guanidine groups is 1. The van der Waals surface area contributed by atoms with E-state index in [4.69, 9.17) is 4.74 Å². The van der Waals surface area contributed by atoms with E-state index in [0.717, 1.165) is 43.8 Å². The van der Waals surface area contributed by atoms with E-state index in [1.807, 2.05) is 13.0 Å². The number of rotatable bonds is 6. The van der Waals surface area contributed by atoms with Crippen molar-refractivity contribution < 1.29 is 14.2 Å². The molecule has 1 aliphatic rings. The molecule has 1 fully saturated rings. The van der Waals surface area contributed by atoms with Gasteiger partial charge in [0.05, 0.1) is 12.6 Å². The molecule has 3 rings (SSSR count). The lowest BCUT2D eigenvalue weighted by Crippen LogP contribution is -2.45. The molecule has 1 heterocycles. The van der Waals surface area contributed by atoms with Gasteiger partial charge in [-0.3, -0.25) is 0 Å². The highest BCUT2D eigenvalue weighted by molar-refractivity contribution is 14.0. The second-order valence-electron chi connectivity index (χ2n) is 6.91. The number of aliphatic imine (C=N–C) groups is 1. The molecule has 1 aromatic heterocycles. The average molecular weight is 514 g/mol. The summed E-state index contributed by atoms with van der Waals surface area (Å²) in [7, 11) is 0. The molecule has 0 amide bonds. The predicted octanol–water partition coefficient (Wildman–Crippen LogP) is 3.99. The van der Waals surface area contributed by atoms with E-state index in [1.54, 1.807) is 24.4 Å². The van der Waals surface area contributed by atoms with Gasteiger partial charge in [-0.05, 0) is 50.3 Å². The van der Waals surface area contributed by atoms with Crippen LogP contribution in [0.4, 0.5) is 4.39 Å². The van der Waals surface area contributed by atoms with Gasteiger partial charge >= 0.3 is 0 Å². The largest absolute Gasteiger partial charge is 0.439 e. The molecule has 0 spiro atoms. The van der Waals surface area contributed by atoms with Crippen molar-refractivity contribution >= 4 is 29.9 Å². The first kappa shape index (κ1) is 23.3. The van der Waals surface area contributed by atoms with Crippen molar-refractivity contribution in [3.8, 4) is 11.6 Å². The Bertz CT molecular complexity index is 781. The van der Waals surface area contributed by atoms with Crippen LogP contribution >= 0.6 is 24.0 Å². The smallest absolute Gasteiger partial charge is 0.219 e. The van der Waals surface area contributed by atoms with Crippen molar-refractivity contribution in [1.29, 1.82) is 0 Å². The number of benzene rings is 1. The molecule has 1 aliphatic carbocycles. The number of aromatic nitrogens is 1. The summed E-state index contributed by atoms with van der Waals surface area (Å²) < 4.78 is 18.8. The molecule has 158 valence electrons. The number of aliphatic hydroxyl groups is 1. The summed E-state index contributed by atoms with van der Waals surface area (Å²) in [6.07, 6.45) is 5.08. The first-order chi connectivity index (χ1) is 13.6. The number of pyridine rings is 1. The first-order valence-corrected chi connectivity index (χ1v) is 9.73. The second kappa shape index (κ2) is 11.9. The van der Waals surface area contributed by atoms with Gasteiger partial charge in [0.25, 0.3) is 0 Å². The van der Waals surface area contributed by atoms with Crippen LogP contribution in [0.3, 0.4) is 0 Å². The van der Waals surface area contributed by atoms with Gasteiger partial charge in [-0.15, -0.1) is 24.0 Å². The van der Waals surface area contributed by atoms with Crippen molar-refractivity contribution in [2.24, 2.45) is 4.99 Å². The lowest BCUT2D eigenvalue weighted by molar-refractivity contribution is 0.120. The summed E-state index contributed by atoms with van der Waals surface area (Å²) >= 11 is 0. The van der Waals surface area contributed by atoms with Gasteiger partial charge in [0.15, 0.2) is 5.96 Å². The number of aliphatic hydroxyl groups excluding tert-OH is 1. The fourth-order valence-electron chi connectivity index (χ4n) is 3.12. The Morgan fingerprint density at radius 3 is 2.69 bits per heavy atom. The lowest BCUT2D eigenvalue weighted by atomic mass is 9.93. The Morgan fingerprint density at radius 2 is 2.03 bits per heavy atom. The van der Waals surface area contributed by atoms with E-state index in [9.17, 15) is 9.50 Å². The van der Waals surface area contributed by atoms with E-state index in [-0.39, 0.29) is 35.9 Å². The standard InChI is InChI=1S/C21H27FN4O2.HI/c1-2-23-21(26-17-7-9-18(27)10-8-17)25-14-15-6-11-20(24-13-15)28-19-5-3-4-16(22)12-19;/h3-6,11-13,17-18,27H,2,7-10,14H2,1H3,(H2,23,25,26);1H. The Kier molecular flexibility index (Phi) is 9.59. The van der Waals surface area contributed by atoms with Crippen LogP contribution in [0.5, 0.6) is 11.6 Å². The number of hydrogen-bond donors (Lipinski definition) is 3. The molecule has 8 heteroatoms. The maximum atomic E-state index is 13.2. The summed E-state index contributed by atoms with van der Waals surface area (Å²) in [5.41, 5.74) is 0.947. The van der Waals surface area contributed by atoms with Crippen molar-refractivity contribution in [2.45, 2.75) is 51.3 Å². The zero-order chi connectivity index (χ0) is 19.8. The molecule has 0 unspecified atom stereocenters. The van der Waals surface area contributed by atoms with Gasteiger partial charge in [-0.1, -0.05) is 12.1 Å². The molecule has 2 aromatic rings. The molecule has 3 N–H and O–H groups in total. The van der Waals surface area contributed by atoms with Crippen LogP contribution in [0.1, 0.15) is 38.2 Å². The van der Waals surface area contributed by atoms with Crippen molar-refractivity contribution in [2.75, 3.05) is 6.54 Å². The third-order valence-corrected chi connectivity index (χ3v) is 4.62. The Morgan fingerprint density at radius 1 is 1.24 bits per heavy atom. The molecular weight excluding hydrogens is 486 g/mol. The number of hydrogen-bond acceptors (Lipinski definition) is 4. The number of halogens is 2. The Hall–Kier alpha value is -1.94. The molecule has 0 aliphatic heterocycles. The second-order valence-corrected chi connectivity index (χ2v) is 6.91. The molecule has 0 radical (unpaired) electrons. The topological polar surface area (TPSA) is 78.8 Å². The van der Waals surface area contributed by atoms with Crippen molar-refractivity contribution in [1.82, 2.24) is 15.6 Å². The van der Waals surface area contributed by atoms with E-state index < -0.39 is 0 Å². The van der Waals surface area contributed by atoms with Crippen molar-refractivity contribution in [3.63, 3.8) is 0 Å². The molecule has 0 bridgehead atoms. The third-order valence-electron chi connectivity index (χ3n) is 4.62. The lowest BCUT2D eigenvalue weighted by Gasteiger charge is -2.27. The highest BCUT2D eigenvalue weighted by atomic mass is 127. The zero-order valence-corrected chi connectivity index (χ0v) is 18.8. The van der Waals surface area contributed by atoms with Gasteiger partial charge in [0.2, 0.25) is 5.88 Å². The Labute approximate surface area is 188 Å². The van der Waals surface area contributed by atoms with Gasteiger partial charge in [-0.25, -0.2) is 14.4 Å².